The smallest absolute Gasteiger partial charge is 0.254 e. The van der Waals surface area contributed by atoms with Gasteiger partial charge in [0.1, 0.15) is 18.9 Å². The minimum Gasteiger partial charge on any atom is -0.491 e. The van der Waals surface area contributed by atoms with Crippen LogP contribution in [-0.4, -0.2) is 47.9 Å². The highest BCUT2D eigenvalue weighted by Crippen LogP contribution is 2.34. The average Bonchev–Trinajstić information content (AvgIpc) is 3.32. The predicted octanol–water partition coefficient (Wildman–Crippen LogP) is 5.65. The van der Waals surface area contributed by atoms with E-state index in [4.69, 9.17) is 4.74 Å². The largest absolute Gasteiger partial charge is 0.491 e. The van der Waals surface area contributed by atoms with Gasteiger partial charge in [-0.3, -0.25) is 9.59 Å². The fourth-order valence-electron chi connectivity index (χ4n) is 4.12. The molecule has 1 aromatic heterocycles. The lowest BCUT2D eigenvalue weighted by atomic mass is 10.0. The Balaban J connectivity index is 1.52. The maximum absolute atomic E-state index is 13.5. The van der Waals surface area contributed by atoms with Gasteiger partial charge in [0.2, 0.25) is 5.91 Å². The molecule has 34 heavy (non-hydrogen) atoms. The molecule has 0 N–H and O–H groups in total. The van der Waals surface area contributed by atoms with E-state index in [1.54, 1.807) is 29.5 Å². The summed E-state index contributed by atoms with van der Waals surface area (Å²) in [6, 6.07) is 17.0. The molecule has 2 heterocycles. The van der Waals surface area contributed by atoms with E-state index in [1.807, 2.05) is 48.2 Å². The van der Waals surface area contributed by atoms with Gasteiger partial charge in [-0.25, -0.2) is 0 Å². The standard InChI is InChI=1S/C27H27BrN2O3S/c1-3-13-29(27(32)20-5-4-6-21(28)16-20)17-26(31)30-14-11-25-23(12-15-34-25)24(30)18-33-22-9-7-19(2)8-10-22/h3-10,12,15-16,24H,1,11,13-14,17-18H2,2H3/t24-/m0/s1. The number of fused-ring (bicyclic) bond motifs is 1. The van der Waals surface area contributed by atoms with Crippen molar-refractivity contribution in [1.29, 1.82) is 0 Å². The van der Waals surface area contributed by atoms with Gasteiger partial charge in [0.25, 0.3) is 5.91 Å². The molecule has 0 fully saturated rings. The van der Waals surface area contributed by atoms with Crippen molar-refractivity contribution < 1.29 is 14.3 Å². The van der Waals surface area contributed by atoms with Gasteiger partial charge < -0.3 is 14.5 Å². The fraction of sp³-hybridized carbons (Fsp3) is 0.259. The molecule has 7 heteroatoms. The number of ether oxygens (including phenoxy) is 1. The van der Waals surface area contributed by atoms with Crippen molar-refractivity contribution in [3.63, 3.8) is 0 Å². The van der Waals surface area contributed by atoms with E-state index < -0.39 is 0 Å². The van der Waals surface area contributed by atoms with Crippen LogP contribution in [0, 0.1) is 6.92 Å². The van der Waals surface area contributed by atoms with E-state index in [0.29, 0.717) is 25.3 Å². The summed E-state index contributed by atoms with van der Waals surface area (Å²) in [6.07, 6.45) is 2.45. The Hall–Kier alpha value is -2.90. The molecule has 2 amide bonds. The molecule has 4 rings (SSSR count). The molecule has 0 unspecified atom stereocenters. The van der Waals surface area contributed by atoms with Crippen LogP contribution in [0.25, 0.3) is 0 Å². The Kier molecular flexibility index (Phi) is 7.85. The van der Waals surface area contributed by atoms with Crippen LogP contribution in [0.15, 0.2) is 77.1 Å². The summed E-state index contributed by atoms with van der Waals surface area (Å²) in [5.74, 6) is 0.480. The number of halogens is 1. The number of amides is 2. The molecule has 2 aromatic carbocycles. The normalized spacial score (nSPS) is 14.9. The summed E-state index contributed by atoms with van der Waals surface area (Å²) < 4.78 is 6.92. The number of carbonyl (C=O) groups excluding carboxylic acids is 2. The predicted molar refractivity (Wildman–Crippen MR) is 139 cm³/mol. The quantitative estimate of drug-likeness (QED) is 0.348. The molecule has 0 radical (unpaired) electrons. The third-order valence-corrected chi connectivity index (χ3v) is 7.37. The Morgan fingerprint density at radius 1 is 1.24 bits per heavy atom. The zero-order chi connectivity index (χ0) is 24.1. The van der Waals surface area contributed by atoms with Crippen LogP contribution < -0.4 is 4.74 Å². The lowest BCUT2D eigenvalue weighted by Gasteiger charge is -2.37. The van der Waals surface area contributed by atoms with Crippen molar-refractivity contribution in [3.05, 3.63) is 98.7 Å². The second-order valence-electron chi connectivity index (χ2n) is 8.26. The summed E-state index contributed by atoms with van der Waals surface area (Å²) in [5.41, 5.74) is 2.83. The highest BCUT2D eigenvalue weighted by molar-refractivity contribution is 9.10. The van der Waals surface area contributed by atoms with Crippen molar-refractivity contribution in [2.45, 2.75) is 19.4 Å². The van der Waals surface area contributed by atoms with Crippen LogP contribution in [0.4, 0.5) is 0 Å². The summed E-state index contributed by atoms with van der Waals surface area (Å²) in [6.45, 7) is 7.04. The number of carbonyl (C=O) groups is 2. The van der Waals surface area contributed by atoms with Gasteiger partial charge in [0, 0.05) is 28.0 Å². The number of rotatable bonds is 8. The number of benzene rings is 2. The molecule has 0 spiro atoms. The third kappa shape index (κ3) is 5.59. The highest BCUT2D eigenvalue weighted by atomic mass is 79.9. The number of thiophene rings is 1. The molecule has 0 saturated heterocycles. The lowest BCUT2D eigenvalue weighted by molar-refractivity contribution is -0.135. The molecule has 5 nitrogen and oxygen atoms in total. The number of aryl methyl sites for hydroxylation is 1. The van der Waals surface area contributed by atoms with E-state index >= 15 is 0 Å². The summed E-state index contributed by atoms with van der Waals surface area (Å²) in [7, 11) is 0. The van der Waals surface area contributed by atoms with E-state index in [9.17, 15) is 9.59 Å². The molecule has 1 aliphatic heterocycles. The van der Waals surface area contributed by atoms with Gasteiger partial charge in [-0.15, -0.1) is 17.9 Å². The molecule has 1 aliphatic rings. The number of nitrogens with zero attached hydrogens (tertiary/aromatic N) is 2. The second-order valence-corrected chi connectivity index (χ2v) is 10.2. The monoisotopic (exact) mass is 538 g/mol. The van der Waals surface area contributed by atoms with Gasteiger partial charge in [0.05, 0.1) is 6.04 Å². The van der Waals surface area contributed by atoms with Crippen LogP contribution in [0.2, 0.25) is 0 Å². The first-order chi connectivity index (χ1) is 16.5. The molecule has 3 aromatic rings. The van der Waals surface area contributed by atoms with Crippen molar-refractivity contribution in [3.8, 4) is 5.75 Å². The number of hydrogen-bond donors (Lipinski definition) is 0. The zero-order valence-corrected chi connectivity index (χ0v) is 21.5. The topological polar surface area (TPSA) is 49.9 Å². The Bertz CT molecular complexity index is 1170. The Morgan fingerprint density at radius 2 is 2.03 bits per heavy atom. The first-order valence-corrected chi connectivity index (χ1v) is 12.8. The SMILES string of the molecule is C=CCN(CC(=O)N1CCc2sccc2[C@@H]1COc1ccc(C)cc1)C(=O)c1cccc(Br)c1. The fourth-order valence-corrected chi connectivity index (χ4v) is 5.44. The van der Waals surface area contributed by atoms with Crippen LogP contribution in [0.3, 0.4) is 0 Å². The van der Waals surface area contributed by atoms with Crippen LogP contribution >= 0.6 is 27.3 Å². The molecular formula is C27H27BrN2O3S. The van der Waals surface area contributed by atoms with Crippen molar-refractivity contribution in [2.24, 2.45) is 0 Å². The van der Waals surface area contributed by atoms with E-state index in [-0.39, 0.29) is 24.4 Å². The maximum atomic E-state index is 13.5. The number of hydrogen-bond acceptors (Lipinski definition) is 4. The van der Waals surface area contributed by atoms with Gasteiger partial charge in [-0.05, 0) is 60.7 Å². The first kappa shape index (κ1) is 24.2. The van der Waals surface area contributed by atoms with Crippen LogP contribution in [0.5, 0.6) is 5.75 Å². The van der Waals surface area contributed by atoms with Crippen LogP contribution in [-0.2, 0) is 11.2 Å². The molecular weight excluding hydrogens is 512 g/mol. The Labute approximate surface area is 212 Å². The molecule has 176 valence electrons. The van der Waals surface area contributed by atoms with Crippen LogP contribution in [0.1, 0.15) is 32.4 Å². The van der Waals surface area contributed by atoms with Crippen molar-refractivity contribution in [1.82, 2.24) is 9.80 Å². The lowest BCUT2D eigenvalue weighted by Crippen LogP contribution is -2.47. The van der Waals surface area contributed by atoms with E-state index in [1.165, 1.54) is 15.3 Å². The average molecular weight is 539 g/mol. The third-order valence-electron chi connectivity index (χ3n) is 5.88. The van der Waals surface area contributed by atoms with Gasteiger partial charge in [0.15, 0.2) is 0 Å². The van der Waals surface area contributed by atoms with Gasteiger partial charge >= 0.3 is 0 Å². The van der Waals surface area contributed by atoms with E-state index in [0.717, 1.165) is 22.2 Å². The molecule has 0 bridgehead atoms. The summed E-state index contributed by atoms with van der Waals surface area (Å²) in [5, 5.41) is 2.07. The maximum Gasteiger partial charge on any atom is 0.254 e. The summed E-state index contributed by atoms with van der Waals surface area (Å²) >= 11 is 5.13. The second kappa shape index (κ2) is 11.0. The molecule has 1 atom stereocenters. The Morgan fingerprint density at radius 3 is 2.76 bits per heavy atom. The van der Waals surface area contributed by atoms with Crippen molar-refractivity contribution >= 4 is 39.1 Å². The zero-order valence-electron chi connectivity index (χ0n) is 19.1. The minimum atomic E-state index is -0.199. The highest BCUT2D eigenvalue weighted by Gasteiger charge is 2.33. The van der Waals surface area contributed by atoms with Gasteiger partial charge in [-0.2, -0.15) is 0 Å². The molecule has 0 aliphatic carbocycles. The first-order valence-electron chi connectivity index (χ1n) is 11.2. The molecule has 0 saturated carbocycles. The minimum absolute atomic E-state index is 0.0160. The van der Waals surface area contributed by atoms with Gasteiger partial charge in [-0.1, -0.05) is 45.8 Å². The van der Waals surface area contributed by atoms with E-state index in [2.05, 4.69) is 34.0 Å². The summed E-state index contributed by atoms with van der Waals surface area (Å²) in [4.78, 5) is 31.3. The van der Waals surface area contributed by atoms with Crippen molar-refractivity contribution in [2.75, 3.05) is 26.2 Å².